The summed E-state index contributed by atoms with van der Waals surface area (Å²) in [5, 5.41) is 7.26. The van der Waals surface area contributed by atoms with Crippen LogP contribution in [-0.4, -0.2) is 29.4 Å². The Kier molecular flexibility index (Phi) is 5.76. The maximum absolute atomic E-state index is 12.8. The van der Waals surface area contributed by atoms with E-state index in [0.717, 1.165) is 5.69 Å². The summed E-state index contributed by atoms with van der Waals surface area (Å²) in [7, 11) is 1.52. The molecule has 1 heterocycles. The minimum Gasteiger partial charge on any atom is -0.493 e. The van der Waals surface area contributed by atoms with Gasteiger partial charge in [0.25, 0.3) is 5.91 Å². The van der Waals surface area contributed by atoms with Crippen molar-refractivity contribution in [2.24, 2.45) is 5.92 Å². The molecule has 0 atom stereocenters. The Morgan fingerprint density at radius 3 is 2.48 bits per heavy atom. The summed E-state index contributed by atoms with van der Waals surface area (Å²) in [5.41, 5.74) is 1.65. The van der Waals surface area contributed by atoms with Crippen molar-refractivity contribution >= 4 is 11.6 Å². The number of nitrogens with zero attached hydrogens (tertiary/aromatic N) is 2. The molecule has 6 heteroatoms. The van der Waals surface area contributed by atoms with Gasteiger partial charge in [-0.1, -0.05) is 44.2 Å². The molecule has 0 aliphatic heterocycles. The van der Waals surface area contributed by atoms with Crippen molar-refractivity contribution in [1.29, 1.82) is 0 Å². The van der Waals surface area contributed by atoms with Gasteiger partial charge in [-0.3, -0.25) is 4.79 Å². The van der Waals surface area contributed by atoms with Crippen LogP contribution in [0.1, 0.15) is 24.3 Å². The van der Waals surface area contributed by atoms with Crippen LogP contribution >= 0.6 is 0 Å². The van der Waals surface area contributed by atoms with E-state index in [-0.39, 0.29) is 11.6 Å². The second kappa shape index (κ2) is 8.40. The Bertz CT molecular complexity index is 904. The Morgan fingerprint density at radius 2 is 1.78 bits per heavy atom. The summed E-state index contributed by atoms with van der Waals surface area (Å²) in [6.07, 6.45) is 1.69. The van der Waals surface area contributed by atoms with Crippen LogP contribution in [0.4, 0.5) is 5.69 Å². The van der Waals surface area contributed by atoms with E-state index < -0.39 is 0 Å². The van der Waals surface area contributed by atoms with E-state index in [2.05, 4.69) is 24.3 Å². The van der Waals surface area contributed by atoms with Crippen molar-refractivity contribution in [2.75, 3.05) is 19.0 Å². The second-order valence-electron chi connectivity index (χ2n) is 6.48. The van der Waals surface area contributed by atoms with Gasteiger partial charge in [0.05, 0.1) is 31.3 Å². The molecule has 27 heavy (non-hydrogen) atoms. The molecule has 0 spiro atoms. The molecule has 0 aliphatic carbocycles. The third-order valence-electron chi connectivity index (χ3n) is 3.84. The number of hydrogen-bond acceptors (Lipinski definition) is 4. The van der Waals surface area contributed by atoms with E-state index in [1.54, 1.807) is 16.9 Å². The van der Waals surface area contributed by atoms with Crippen LogP contribution in [0.25, 0.3) is 5.69 Å². The Balaban J connectivity index is 1.84. The number of anilines is 1. The molecule has 1 N–H and O–H groups in total. The highest BCUT2D eigenvalue weighted by atomic mass is 16.5. The summed E-state index contributed by atoms with van der Waals surface area (Å²) >= 11 is 0. The molecule has 0 saturated carbocycles. The van der Waals surface area contributed by atoms with Gasteiger partial charge in [0.1, 0.15) is 5.75 Å². The van der Waals surface area contributed by atoms with Crippen molar-refractivity contribution in [3.8, 4) is 17.2 Å². The fraction of sp³-hybridized carbons (Fsp3) is 0.238. The fourth-order valence-corrected chi connectivity index (χ4v) is 2.51. The van der Waals surface area contributed by atoms with E-state index in [0.29, 0.717) is 29.7 Å². The second-order valence-corrected chi connectivity index (χ2v) is 6.48. The van der Waals surface area contributed by atoms with Gasteiger partial charge in [0, 0.05) is 0 Å². The molecule has 140 valence electrons. The number of benzene rings is 2. The molecule has 0 radical (unpaired) electrons. The van der Waals surface area contributed by atoms with E-state index >= 15 is 0 Å². The molecular formula is C21H23N3O3. The summed E-state index contributed by atoms with van der Waals surface area (Å²) in [4.78, 5) is 12.8. The highest BCUT2D eigenvalue weighted by Crippen LogP contribution is 2.26. The fourth-order valence-electron chi connectivity index (χ4n) is 2.51. The van der Waals surface area contributed by atoms with Crippen molar-refractivity contribution in [3.63, 3.8) is 0 Å². The van der Waals surface area contributed by atoms with Crippen LogP contribution in [0, 0.1) is 5.92 Å². The van der Waals surface area contributed by atoms with Crippen LogP contribution in [0.5, 0.6) is 11.5 Å². The predicted molar refractivity (Wildman–Crippen MR) is 105 cm³/mol. The van der Waals surface area contributed by atoms with Crippen molar-refractivity contribution in [1.82, 2.24) is 9.78 Å². The minimum atomic E-state index is -0.359. The van der Waals surface area contributed by atoms with Gasteiger partial charge in [0.2, 0.25) is 0 Å². The van der Waals surface area contributed by atoms with Crippen LogP contribution in [-0.2, 0) is 0 Å². The molecule has 3 rings (SSSR count). The SMILES string of the molecule is COc1cn(-c2ccccc2)nc1C(=O)Nc1ccccc1OCC(C)C. The first-order valence-corrected chi connectivity index (χ1v) is 8.80. The van der Waals surface area contributed by atoms with E-state index in [4.69, 9.17) is 9.47 Å². The van der Waals surface area contributed by atoms with E-state index in [1.807, 2.05) is 48.5 Å². The molecule has 2 aromatic carbocycles. The number of ether oxygens (including phenoxy) is 2. The largest absolute Gasteiger partial charge is 0.493 e. The zero-order valence-corrected chi connectivity index (χ0v) is 15.7. The highest BCUT2D eigenvalue weighted by Gasteiger charge is 2.19. The third kappa shape index (κ3) is 4.47. The first-order valence-electron chi connectivity index (χ1n) is 8.80. The lowest BCUT2D eigenvalue weighted by atomic mass is 10.2. The zero-order valence-electron chi connectivity index (χ0n) is 15.7. The lowest BCUT2D eigenvalue weighted by molar-refractivity contribution is 0.101. The summed E-state index contributed by atoms with van der Waals surface area (Å²) in [5.74, 6) is 1.05. The molecule has 3 aromatic rings. The van der Waals surface area contributed by atoms with Crippen molar-refractivity contribution in [2.45, 2.75) is 13.8 Å². The Morgan fingerprint density at radius 1 is 1.07 bits per heavy atom. The standard InChI is InChI=1S/C21H23N3O3/c1-15(2)14-27-18-12-8-7-11-17(18)22-21(25)20-19(26-3)13-24(23-20)16-9-5-4-6-10-16/h4-13,15H,14H2,1-3H3,(H,22,25). The normalized spacial score (nSPS) is 10.7. The molecule has 0 aliphatic rings. The lowest BCUT2D eigenvalue weighted by Gasteiger charge is -2.13. The molecule has 0 saturated heterocycles. The van der Waals surface area contributed by atoms with Gasteiger partial charge in [0.15, 0.2) is 11.4 Å². The van der Waals surface area contributed by atoms with Crippen molar-refractivity contribution in [3.05, 3.63) is 66.5 Å². The quantitative estimate of drug-likeness (QED) is 0.682. The number of methoxy groups -OCH3 is 1. The third-order valence-corrected chi connectivity index (χ3v) is 3.84. The van der Waals surface area contributed by atoms with Gasteiger partial charge in [-0.05, 0) is 30.2 Å². The molecule has 6 nitrogen and oxygen atoms in total. The number of rotatable bonds is 7. The molecular weight excluding hydrogens is 342 g/mol. The molecule has 1 aromatic heterocycles. The predicted octanol–water partition coefficient (Wildman–Crippen LogP) is 4.17. The number of carbonyl (C=O) groups excluding carboxylic acids is 1. The minimum absolute atomic E-state index is 0.208. The average Bonchev–Trinajstić information content (AvgIpc) is 3.12. The molecule has 0 unspecified atom stereocenters. The first kappa shape index (κ1) is 18.5. The number of amides is 1. The van der Waals surface area contributed by atoms with E-state index in [1.165, 1.54) is 7.11 Å². The number of para-hydroxylation sites is 3. The van der Waals surface area contributed by atoms with Crippen LogP contribution in [0.15, 0.2) is 60.8 Å². The number of aromatic nitrogens is 2. The molecule has 0 fully saturated rings. The summed E-state index contributed by atoms with van der Waals surface area (Å²) in [6.45, 7) is 4.71. The average molecular weight is 365 g/mol. The lowest BCUT2D eigenvalue weighted by Crippen LogP contribution is -2.15. The Hall–Kier alpha value is -3.28. The van der Waals surface area contributed by atoms with Crippen LogP contribution < -0.4 is 14.8 Å². The number of hydrogen-bond donors (Lipinski definition) is 1. The maximum atomic E-state index is 12.8. The van der Waals surface area contributed by atoms with Gasteiger partial charge < -0.3 is 14.8 Å². The van der Waals surface area contributed by atoms with Gasteiger partial charge in [-0.2, -0.15) is 5.10 Å². The number of nitrogens with one attached hydrogen (secondary N) is 1. The van der Waals surface area contributed by atoms with Gasteiger partial charge >= 0.3 is 0 Å². The number of carbonyl (C=O) groups is 1. The molecule has 0 bridgehead atoms. The van der Waals surface area contributed by atoms with E-state index in [9.17, 15) is 4.79 Å². The zero-order chi connectivity index (χ0) is 19.2. The van der Waals surface area contributed by atoms with Gasteiger partial charge in [-0.15, -0.1) is 0 Å². The van der Waals surface area contributed by atoms with Crippen LogP contribution in [0.2, 0.25) is 0 Å². The van der Waals surface area contributed by atoms with Crippen LogP contribution in [0.3, 0.4) is 0 Å². The Labute approximate surface area is 158 Å². The summed E-state index contributed by atoms with van der Waals surface area (Å²) in [6, 6.07) is 16.9. The molecule has 1 amide bonds. The van der Waals surface area contributed by atoms with Crippen molar-refractivity contribution < 1.29 is 14.3 Å². The maximum Gasteiger partial charge on any atom is 0.280 e. The van der Waals surface area contributed by atoms with Gasteiger partial charge in [-0.25, -0.2) is 4.68 Å². The summed E-state index contributed by atoms with van der Waals surface area (Å²) < 4.78 is 12.8. The monoisotopic (exact) mass is 365 g/mol. The smallest absolute Gasteiger partial charge is 0.280 e. The topological polar surface area (TPSA) is 65.4 Å². The first-order chi connectivity index (χ1) is 13.1. The highest BCUT2D eigenvalue weighted by molar-refractivity contribution is 6.05.